The number of aromatic nitrogens is 4. The van der Waals surface area contributed by atoms with Gasteiger partial charge in [0.25, 0.3) is 0 Å². The van der Waals surface area contributed by atoms with Gasteiger partial charge in [0.15, 0.2) is 0 Å². The van der Waals surface area contributed by atoms with Gasteiger partial charge in [0, 0.05) is 44.3 Å². The van der Waals surface area contributed by atoms with E-state index >= 15 is 0 Å². The first-order chi connectivity index (χ1) is 13.5. The Morgan fingerprint density at radius 2 is 1.82 bits per heavy atom. The number of carbonyl (C=O) groups excluding carboxylic acids is 1. The molecule has 3 heterocycles. The highest BCUT2D eigenvalue weighted by molar-refractivity contribution is 5.79. The lowest BCUT2D eigenvalue weighted by molar-refractivity contribution is -0.131. The summed E-state index contributed by atoms with van der Waals surface area (Å²) in [6.45, 7) is 10.1. The van der Waals surface area contributed by atoms with E-state index in [4.69, 9.17) is 0 Å². The molecular weight excluding hydrogens is 352 g/mol. The standard InChI is InChI=1S/C21H28N6O/c1-16(2)27-19-15-22-26(21(19)17(3)23-27)10-9-20(28)25-13-11-24(12-14-25)18-7-5-4-6-8-18/h4-8,15-16H,9-14H2,1-3H3. The number of anilines is 1. The quantitative estimate of drug-likeness (QED) is 0.683. The number of hydrogen-bond acceptors (Lipinski definition) is 4. The Morgan fingerprint density at radius 3 is 2.50 bits per heavy atom. The monoisotopic (exact) mass is 380 g/mol. The van der Waals surface area contributed by atoms with Crippen molar-refractivity contribution < 1.29 is 4.79 Å². The van der Waals surface area contributed by atoms with E-state index in [0.29, 0.717) is 13.0 Å². The second-order valence-electron chi connectivity index (χ2n) is 7.68. The molecule has 0 aliphatic carbocycles. The van der Waals surface area contributed by atoms with Crippen molar-refractivity contribution in [3.63, 3.8) is 0 Å². The molecule has 0 unspecified atom stereocenters. The first-order valence-corrected chi connectivity index (χ1v) is 10.0. The van der Waals surface area contributed by atoms with Crippen molar-refractivity contribution in [2.75, 3.05) is 31.1 Å². The third-order valence-electron chi connectivity index (χ3n) is 5.45. The number of benzene rings is 1. The third kappa shape index (κ3) is 3.48. The molecule has 0 spiro atoms. The zero-order chi connectivity index (χ0) is 19.7. The molecule has 0 N–H and O–H groups in total. The SMILES string of the molecule is Cc1nn(C(C)C)c2cnn(CCC(=O)N3CCN(c4ccccc4)CC3)c12. The number of para-hydroxylation sites is 1. The van der Waals surface area contributed by atoms with Crippen molar-refractivity contribution in [2.45, 2.75) is 39.8 Å². The number of hydrogen-bond donors (Lipinski definition) is 0. The molecule has 1 aromatic carbocycles. The van der Waals surface area contributed by atoms with E-state index in [-0.39, 0.29) is 11.9 Å². The molecule has 1 amide bonds. The smallest absolute Gasteiger partial charge is 0.224 e. The van der Waals surface area contributed by atoms with E-state index in [9.17, 15) is 4.79 Å². The summed E-state index contributed by atoms with van der Waals surface area (Å²) < 4.78 is 3.92. The number of piperazine rings is 1. The van der Waals surface area contributed by atoms with Crippen LogP contribution in [-0.4, -0.2) is 56.5 Å². The minimum atomic E-state index is 0.199. The Kier molecular flexibility index (Phi) is 5.07. The van der Waals surface area contributed by atoms with Gasteiger partial charge in [-0.25, -0.2) is 0 Å². The molecule has 4 rings (SSSR count). The minimum Gasteiger partial charge on any atom is -0.368 e. The fourth-order valence-electron chi connectivity index (χ4n) is 3.95. The van der Waals surface area contributed by atoms with Crippen LogP contribution in [0.2, 0.25) is 0 Å². The maximum absolute atomic E-state index is 12.7. The number of rotatable bonds is 5. The predicted molar refractivity (Wildman–Crippen MR) is 110 cm³/mol. The minimum absolute atomic E-state index is 0.199. The van der Waals surface area contributed by atoms with Gasteiger partial charge in [0.05, 0.1) is 18.4 Å². The van der Waals surface area contributed by atoms with Crippen LogP contribution in [0.1, 0.15) is 32.0 Å². The summed E-state index contributed by atoms with van der Waals surface area (Å²) in [5.41, 5.74) is 4.27. The lowest BCUT2D eigenvalue weighted by atomic mass is 10.2. The summed E-state index contributed by atoms with van der Waals surface area (Å²) in [6.07, 6.45) is 2.33. The van der Waals surface area contributed by atoms with Gasteiger partial charge in [-0.05, 0) is 32.9 Å². The maximum Gasteiger partial charge on any atom is 0.224 e. The number of amides is 1. The van der Waals surface area contributed by atoms with Crippen LogP contribution in [0.3, 0.4) is 0 Å². The molecule has 0 bridgehead atoms. The van der Waals surface area contributed by atoms with Crippen molar-refractivity contribution in [1.82, 2.24) is 24.5 Å². The van der Waals surface area contributed by atoms with Gasteiger partial charge in [0.1, 0.15) is 11.0 Å². The molecule has 1 aliphatic rings. The van der Waals surface area contributed by atoms with Gasteiger partial charge in [-0.2, -0.15) is 10.2 Å². The molecule has 7 heteroatoms. The van der Waals surface area contributed by atoms with Gasteiger partial charge in [0.2, 0.25) is 5.91 Å². The van der Waals surface area contributed by atoms with Gasteiger partial charge >= 0.3 is 0 Å². The maximum atomic E-state index is 12.7. The Labute approximate surface area is 165 Å². The largest absolute Gasteiger partial charge is 0.368 e. The van der Waals surface area contributed by atoms with E-state index in [1.54, 1.807) is 0 Å². The second kappa shape index (κ2) is 7.66. The molecule has 1 aliphatic heterocycles. The highest BCUT2D eigenvalue weighted by Gasteiger charge is 2.22. The van der Waals surface area contributed by atoms with Crippen LogP contribution in [0.15, 0.2) is 36.5 Å². The summed E-state index contributed by atoms with van der Waals surface area (Å²) in [5.74, 6) is 0.199. The molecular formula is C21H28N6O. The Hall–Kier alpha value is -2.83. The Morgan fingerprint density at radius 1 is 1.11 bits per heavy atom. The average molecular weight is 380 g/mol. The first kappa shape index (κ1) is 18.5. The highest BCUT2D eigenvalue weighted by atomic mass is 16.2. The van der Waals surface area contributed by atoms with Crippen LogP contribution in [-0.2, 0) is 11.3 Å². The highest BCUT2D eigenvalue weighted by Crippen LogP contribution is 2.22. The molecule has 1 fully saturated rings. The summed E-state index contributed by atoms with van der Waals surface area (Å²) >= 11 is 0. The Balaban J connectivity index is 1.36. The predicted octanol–water partition coefficient (Wildman–Crippen LogP) is 2.86. The van der Waals surface area contributed by atoms with Crippen molar-refractivity contribution in [3.8, 4) is 0 Å². The van der Waals surface area contributed by atoms with E-state index in [2.05, 4.69) is 53.2 Å². The molecule has 0 atom stereocenters. The van der Waals surface area contributed by atoms with E-state index in [0.717, 1.165) is 42.9 Å². The number of fused-ring (bicyclic) bond motifs is 1. The third-order valence-corrected chi connectivity index (χ3v) is 5.45. The molecule has 148 valence electrons. The molecule has 0 radical (unpaired) electrons. The van der Waals surface area contributed by atoms with Gasteiger partial charge < -0.3 is 9.80 Å². The van der Waals surface area contributed by atoms with Crippen molar-refractivity contribution in [3.05, 3.63) is 42.2 Å². The fraction of sp³-hybridized carbons (Fsp3) is 0.476. The number of carbonyl (C=O) groups is 1. The zero-order valence-electron chi connectivity index (χ0n) is 16.9. The van der Waals surface area contributed by atoms with Crippen LogP contribution < -0.4 is 4.90 Å². The van der Waals surface area contributed by atoms with Crippen LogP contribution in [0.25, 0.3) is 11.0 Å². The molecule has 2 aromatic heterocycles. The van der Waals surface area contributed by atoms with Gasteiger partial charge in [-0.15, -0.1) is 0 Å². The van der Waals surface area contributed by atoms with Crippen LogP contribution in [0.5, 0.6) is 0 Å². The molecule has 7 nitrogen and oxygen atoms in total. The lowest BCUT2D eigenvalue weighted by Crippen LogP contribution is -2.48. The fourth-order valence-corrected chi connectivity index (χ4v) is 3.95. The van der Waals surface area contributed by atoms with Crippen molar-refractivity contribution in [1.29, 1.82) is 0 Å². The first-order valence-electron chi connectivity index (χ1n) is 10.0. The van der Waals surface area contributed by atoms with E-state index < -0.39 is 0 Å². The van der Waals surface area contributed by atoms with E-state index in [1.807, 2.05) is 33.5 Å². The number of aryl methyl sites for hydroxylation is 2. The van der Waals surface area contributed by atoms with Crippen molar-refractivity contribution >= 4 is 22.6 Å². The summed E-state index contributed by atoms with van der Waals surface area (Å²) in [6, 6.07) is 10.7. The summed E-state index contributed by atoms with van der Waals surface area (Å²) in [5, 5.41) is 9.12. The van der Waals surface area contributed by atoms with Crippen LogP contribution in [0.4, 0.5) is 5.69 Å². The van der Waals surface area contributed by atoms with Crippen LogP contribution in [0, 0.1) is 6.92 Å². The normalized spacial score (nSPS) is 15.0. The molecule has 0 saturated carbocycles. The van der Waals surface area contributed by atoms with Gasteiger partial charge in [-0.3, -0.25) is 14.2 Å². The summed E-state index contributed by atoms with van der Waals surface area (Å²) in [7, 11) is 0. The topological polar surface area (TPSA) is 59.2 Å². The summed E-state index contributed by atoms with van der Waals surface area (Å²) in [4.78, 5) is 17.0. The Bertz CT molecular complexity index is 950. The van der Waals surface area contributed by atoms with Gasteiger partial charge in [-0.1, -0.05) is 18.2 Å². The lowest BCUT2D eigenvalue weighted by Gasteiger charge is -2.36. The molecule has 3 aromatic rings. The zero-order valence-corrected chi connectivity index (χ0v) is 16.9. The molecule has 28 heavy (non-hydrogen) atoms. The average Bonchev–Trinajstić information content (AvgIpc) is 3.28. The van der Waals surface area contributed by atoms with Crippen LogP contribution >= 0.6 is 0 Å². The molecule has 1 saturated heterocycles. The second-order valence-corrected chi connectivity index (χ2v) is 7.68. The van der Waals surface area contributed by atoms with Crippen molar-refractivity contribution in [2.24, 2.45) is 0 Å². The van der Waals surface area contributed by atoms with E-state index in [1.165, 1.54) is 5.69 Å². The number of nitrogens with zero attached hydrogens (tertiary/aromatic N) is 6.